The van der Waals surface area contributed by atoms with E-state index in [9.17, 15) is 18.3 Å². The van der Waals surface area contributed by atoms with Gasteiger partial charge in [0.05, 0.1) is 0 Å². The van der Waals surface area contributed by atoms with Gasteiger partial charge in [-0.05, 0) is 42.4 Å². The number of benzene rings is 1. The zero-order chi connectivity index (χ0) is 13.9. The van der Waals surface area contributed by atoms with Crippen LogP contribution in [0.5, 0.6) is 5.75 Å². The van der Waals surface area contributed by atoms with Crippen LogP contribution in [0, 0.1) is 5.41 Å². The lowest BCUT2D eigenvalue weighted by Crippen LogP contribution is -2.24. The van der Waals surface area contributed by atoms with E-state index in [0.717, 1.165) is 31.2 Å². The molecule has 19 heavy (non-hydrogen) atoms. The fraction of sp³-hybridized carbons (Fsp3) is 0.571. The Morgan fingerprint density at radius 1 is 1.11 bits per heavy atom. The van der Waals surface area contributed by atoms with Crippen LogP contribution in [0.1, 0.15) is 31.2 Å². The van der Waals surface area contributed by atoms with Crippen molar-refractivity contribution in [2.24, 2.45) is 5.41 Å². The van der Waals surface area contributed by atoms with Gasteiger partial charge in [-0.2, -0.15) is 0 Å². The molecule has 0 bridgehead atoms. The predicted octanol–water partition coefficient (Wildman–Crippen LogP) is 3.68. The minimum atomic E-state index is -4.65. The molecule has 0 spiro atoms. The molecule has 1 saturated carbocycles. The first kappa shape index (κ1) is 14.2. The van der Waals surface area contributed by atoms with Gasteiger partial charge in [0, 0.05) is 6.61 Å². The van der Waals surface area contributed by atoms with Crippen LogP contribution in [0.15, 0.2) is 24.3 Å². The third-order valence-electron chi connectivity index (χ3n) is 3.74. The highest BCUT2D eigenvalue weighted by atomic mass is 19.4. The topological polar surface area (TPSA) is 29.5 Å². The summed E-state index contributed by atoms with van der Waals surface area (Å²) < 4.78 is 39.9. The normalized spacial score (nSPS) is 18.5. The van der Waals surface area contributed by atoms with E-state index in [1.807, 2.05) is 0 Å². The molecule has 106 valence electrons. The van der Waals surface area contributed by atoms with Crippen LogP contribution < -0.4 is 4.74 Å². The summed E-state index contributed by atoms with van der Waals surface area (Å²) in [6, 6.07) is 5.92. The first-order valence-corrected chi connectivity index (χ1v) is 6.38. The molecule has 0 aromatic heterocycles. The van der Waals surface area contributed by atoms with Crippen LogP contribution in [-0.2, 0) is 6.42 Å². The molecule has 1 aromatic carbocycles. The standard InChI is InChI=1S/C14H17F3O2/c15-14(16,17)19-12-5-3-11(4-6-12)9-13(10-18)7-1-2-8-13/h3-6,18H,1-2,7-10H2. The van der Waals surface area contributed by atoms with E-state index >= 15 is 0 Å². The number of hydrogen-bond acceptors (Lipinski definition) is 2. The monoisotopic (exact) mass is 274 g/mol. The van der Waals surface area contributed by atoms with Crippen molar-refractivity contribution in [2.75, 3.05) is 6.61 Å². The molecule has 5 heteroatoms. The number of ether oxygens (including phenoxy) is 1. The fourth-order valence-corrected chi connectivity index (χ4v) is 2.76. The number of halogens is 3. The number of aliphatic hydroxyl groups excluding tert-OH is 1. The van der Waals surface area contributed by atoms with E-state index in [0.29, 0.717) is 6.42 Å². The molecule has 0 atom stereocenters. The first-order chi connectivity index (χ1) is 8.92. The van der Waals surface area contributed by atoms with Crippen LogP contribution in [0.3, 0.4) is 0 Å². The molecule has 0 heterocycles. The van der Waals surface area contributed by atoms with Gasteiger partial charge in [0.15, 0.2) is 0 Å². The Morgan fingerprint density at radius 3 is 2.16 bits per heavy atom. The van der Waals surface area contributed by atoms with Crippen molar-refractivity contribution in [2.45, 2.75) is 38.5 Å². The van der Waals surface area contributed by atoms with Gasteiger partial charge >= 0.3 is 6.36 Å². The first-order valence-electron chi connectivity index (χ1n) is 6.38. The Kier molecular flexibility index (Phi) is 4.04. The highest BCUT2D eigenvalue weighted by Crippen LogP contribution is 2.40. The molecular weight excluding hydrogens is 257 g/mol. The summed E-state index contributed by atoms with van der Waals surface area (Å²) in [5.41, 5.74) is 0.845. The van der Waals surface area contributed by atoms with Crippen molar-refractivity contribution >= 4 is 0 Å². The lowest BCUT2D eigenvalue weighted by molar-refractivity contribution is -0.274. The van der Waals surface area contributed by atoms with E-state index < -0.39 is 6.36 Å². The van der Waals surface area contributed by atoms with Crippen molar-refractivity contribution in [3.05, 3.63) is 29.8 Å². The summed E-state index contributed by atoms with van der Waals surface area (Å²) in [7, 11) is 0. The average Bonchev–Trinajstić information content (AvgIpc) is 2.79. The van der Waals surface area contributed by atoms with E-state index in [1.54, 1.807) is 12.1 Å². The number of hydrogen-bond donors (Lipinski definition) is 1. The van der Waals surface area contributed by atoms with Crippen molar-refractivity contribution in [1.29, 1.82) is 0 Å². The third-order valence-corrected chi connectivity index (χ3v) is 3.74. The Bertz CT molecular complexity index is 406. The quantitative estimate of drug-likeness (QED) is 0.907. The van der Waals surface area contributed by atoms with Crippen LogP contribution in [-0.4, -0.2) is 18.1 Å². The van der Waals surface area contributed by atoms with Crippen LogP contribution >= 0.6 is 0 Å². The van der Waals surface area contributed by atoms with Crippen LogP contribution in [0.25, 0.3) is 0 Å². The molecule has 0 amide bonds. The zero-order valence-corrected chi connectivity index (χ0v) is 10.5. The number of alkyl halides is 3. The molecule has 2 rings (SSSR count). The van der Waals surface area contributed by atoms with Gasteiger partial charge in [0.1, 0.15) is 5.75 Å². The maximum Gasteiger partial charge on any atom is 0.573 e. The minimum Gasteiger partial charge on any atom is -0.406 e. The van der Waals surface area contributed by atoms with Crippen molar-refractivity contribution < 1.29 is 23.0 Å². The Labute approximate surface area is 110 Å². The van der Waals surface area contributed by atoms with Crippen LogP contribution in [0.2, 0.25) is 0 Å². The van der Waals surface area contributed by atoms with E-state index in [-0.39, 0.29) is 17.8 Å². The van der Waals surface area contributed by atoms with Crippen molar-refractivity contribution in [1.82, 2.24) is 0 Å². The molecule has 1 aliphatic carbocycles. The molecule has 1 fully saturated rings. The maximum atomic E-state index is 12.0. The molecule has 2 nitrogen and oxygen atoms in total. The van der Waals surface area contributed by atoms with Gasteiger partial charge in [-0.25, -0.2) is 0 Å². The van der Waals surface area contributed by atoms with Gasteiger partial charge in [-0.15, -0.1) is 13.2 Å². The zero-order valence-electron chi connectivity index (χ0n) is 10.5. The van der Waals surface area contributed by atoms with E-state index in [1.165, 1.54) is 12.1 Å². The largest absolute Gasteiger partial charge is 0.573 e. The summed E-state index contributed by atoms with van der Waals surface area (Å²) in [5.74, 6) is -0.208. The molecule has 0 aliphatic heterocycles. The maximum absolute atomic E-state index is 12.0. The average molecular weight is 274 g/mol. The Morgan fingerprint density at radius 2 is 1.68 bits per heavy atom. The summed E-state index contributed by atoms with van der Waals surface area (Å²) >= 11 is 0. The van der Waals surface area contributed by atoms with Crippen LogP contribution in [0.4, 0.5) is 13.2 Å². The van der Waals surface area contributed by atoms with Crippen molar-refractivity contribution in [3.8, 4) is 5.75 Å². The molecular formula is C14H17F3O2. The minimum absolute atomic E-state index is 0.0909. The van der Waals surface area contributed by atoms with Gasteiger partial charge in [0.25, 0.3) is 0 Å². The molecule has 0 radical (unpaired) electrons. The van der Waals surface area contributed by atoms with Gasteiger partial charge in [-0.3, -0.25) is 0 Å². The second kappa shape index (κ2) is 5.41. The summed E-state index contributed by atoms with van der Waals surface area (Å²) in [6.45, 7) is 0.133. The number of rotatable bonds is 4. The molecule has 1 aromatic rings. The molecule has 1 aliphatic rings. The Balaban J connectivity index is 2.02. The lowest BCUT2D eigenvalue weighted by atomic mass is 9.81. The highest BCUT2D eigenvalue weighted by Gasteiger charge is 2.33. The predicted molar refractivity (Wildman–Crippen MR) is 64.8 cm³/mol. The summed E-state index contributed by atoms with van der Waals surface area (Å²) in [6.07, 6.45) is 0.218. The molecule has 0 unspecified atom stereocenters. The SMILES string of the molecule is OCC1(Cc2ccc(OC(F)(F)F)cc2)CCCC1. The van der Waals surface area contributed by atoms with Gasteiger partial charge in [0.2, 0.25) is 0 Å². The van der Waals surface area contributed by atoms with E-state index in [4.69, 9.17) is 0 Å². The molecule has 0 saturated heterocycles. The van der Waals surface area contributed by atoms with Gasteiger partial charge < -0.3 is 9.84 Å². The second-order valence-electron chi connectivity index (χ2n) is 5.23. The fourth-order valence-electron chi connectivity index (χ4n) is 2.76. The summed E-state index contributed by atoms with van der Waals surface area (Å²) in [5, 5.41) is 9.51. The van der Waals surface area contributed by atoms with Gasteiger partial charge in [-0.1, -0.05) is 25.0 Å². The Hall–Kier alpha value is -1.23. The third kappa shape index (κ3) is 3.86. The summed E-state index contributed by atoms with van der Waals surface area (Å²) in [4.78, 5) is 0. The second-order valence-corrected chi connectivity index (χ2v) is 5.23. The molecule has 1 N–H and O–H groups in total. The van der Waals surface area contributed by atoms with E-state index in [2.05, 4.69) is 4.74 Å². The lowest BCUT2D eigenvalue weighted by Gasteiger charge is -2.26. The van der Waals surface area contributed by atoms with Crippen molar-refractivity contribution in [3.63, 3.8) is 0 Å². The highest BCUT2D eigenvalue weighted by molar-refractivity contribution is 5.28. The number of aliphatic hydroxyl groups is 1. The smallest absolute Gasteiger partial charge is 0.406 e.